The van der Waals surface area contributed by atoms with Crippen molar-refractivity contribution in [1.82, 2.24) is 0 Å². The molecule has 0 unspecified atom stereocenters. The lowest BCUT2D eigenvalue weighted by Crippen LogP contribution is -2.41. The van der Waals surface area contributed by atoms with Gasteiger partial charge in [-0.1, -0.05) is 25.7 Å². The van der Waals surface area contributed by atoms with Crippen LogP contribution in [-0.4, -0.2) is 18.5 Å². The first-order valence-corrected chi connectivity index (χ1v) is 7.10. The largest absolute Gasteiger partial charge is 0.370 e. The average Bonchev–Trinajstić information content (AvgIpc) is 2.69. The maximum absolute atomic E-state index is 13.6. The highest BCUT2D eigenvalue weighted by atomic mass is 19.1. The van der Waals surface area contributed by atoms with Gasteiger partial charge in [0, 0.05) is 13.5 Å². The second-order valence-electron chi connectivity index (χ2n) is 5.45. The quantitative estimate of drug-likeness (QED) is 0.785. The minimum Gasteiger partial charge on any atom is -0.370 e. The molecule has 1 aliphatic carbocycles. The Balaban J connectivity index is 2.18. The SMILES string of the molecule is COC1(C(=O)Cc2cc(F)ccc2F)CCCCCC1. The summed E-state index contributed by atoms with van der Waals surface area (Å²) in [5.41, 5.74) is -0.717. The van der Waals surface area contributed by atoms with Gasteiger partial charge >= 0.3 is 0 Å². The maximum Gasteiger partial charge on any atom is 0.169 e. The van der Waals surface area contributed by atoms with Crippen LogP contribution in [-0.2, 0) is 16.0 Å². The number of Topliss-reactive ketones (excluding diaryl/α,β-unsaturated/α-hetero) is 1. The van der Waals surface area contributed by atoms with Crippen molar-refractivity contribution in [3.05, 3.63) is 35.4 Å². The number of halogens is 2. The van der Waals surface area contributed by atoms with Crippen molar-refractivity contribution in [1.29, 1.82) is 0 Å². The number of rotatable bonds is 4. The van der Waals surface area contributed by atoms with Gasteiger partial charge < -0.3 is 4.74 Å². The molecular formula is C16H20F2O2. The number of methoxy groups -OCH3 is 1. The molecule has 1 saturated carbocycles. The van der Waals surface area contributed by atoms with E-state index in [0.717, 1.165) is 43.9 Å². The number of benzene rings is 1. The van der Waals surface area contributed by atoms with Crippen LogP contribution in [0.25, 0.3) is 0 Å². The summed E-state index contributed by atoms with van der Waals surface area (Å²) in [4.78, 5) is 12.5. The fraction of sp³-hybridized carbons (Fsp3) is 0.562. The Morgan fingerprint density at radius 1 is 1.20 bits per heavy atom. The summed E-state index contributed by atoms with van der Waals surface area (Å²) < 4.78 is 32.3. The molecule has 110 valence electrons. The lowest BCUT2D eigenvalue weighted by atomic mass is 9.86. The van der Waals surface area contributed by atoms with Gasteiger partial charge in [0.05, 0.1) is 0 Å². The van der Waals surface area contributed by atoms with Gasteiger partial charge in [-0.05, 0) is 36.6 Å². The van der Waals surface area contributed by atoms with Crippen LogP contribution in [0.3, 0.4) is 0 Å². The zero-order valence-electron chi connectivity index (χ0n) is 11.8. The average molecular weight is 282 g/mol. The first-order valence-electron chi connectivity index (χ1n) is 7.10. The molecule has 1 aliphatic rings. The minimum atomic E-state index is -0.824. The lowest BCUT2D eigenvalue weighted by molar-refractivity contribution is -0.142. The fourth-order valence-corrected chi connectivity index (χ4v) is 2.91. The fourth-order valence-electron chi connectivity index (χ4n) is 2.91. The van der Waals surface area contributed by atoms with Crippen molar-refractivity contribution in [2.75, 3.05) is 7.11 Å². The number of carbonyl (C=O) groups is 1. The highest BCUT2D eigenvalue weighted by molar-refractivity contribution is 5.89. The molecule has 0 heterocycles. The van der Waals surface area contributed by atoms with Gasteiger partial charge in [-0.2, -0.15) is 0 Å². The summed E-state index contributed by atoms with van der Waals surface area (Å²) in [5, 5.41) is 0. The lowest BCUT2D eigenvalue weighted by Gasteiger charge is -2.29. The van der Waals surface area contributed by atoms with Crippen molar-refractivity contribution < 1.29 is 18.3 Å². The Bertz CT molecular complexity index is 477. The van der Waals surface area contributed by atoms with Crippen LogP contribution in [0, 0.1) is 11.6 Å². The first-order chi connectivity index (χ1) is 9.57. The zero-order chi connectivity index (χ0) is 14.6. The molecule has 0 aromatic heterocycles. The van der Waals surface area contributed by atoms with Crippen molar-refractivity contribution in [3.8, 4) is 0 Å². The number of ketones is 1. The molecule has 0 N–H and O–H groups in total. The van der Waals surface area contributed by atoms with E-state index in [9.17, 15) is 13.6 Å². The minimum absolute atomic E-state index is 0.107. The van der Waals surface area contributed by atoms with Gasteiger partial charge in [0.25, 0.3) is 0 Å². The van der Waals surface area contributed by atoms with Crippen LogP contribution in [0.1, 0.15) is 44.1 Å². The van der Waals surface area contributed by atoms with Gasteiger partial charge in [0.15, 0.2) is 5.78 Å². The Kier molecular flexibility index (Phi) is 4.86. The van der Waals surface area contributed by atoms with Crippen LogP contribution in [0.15, 0.2) is 18.2 Å². The van der Waals surface area contributed by atoms with E-state index in [1.165, 1.54) is 7.11 Å². The molecule has 1 aromatic carbocycles. The van der Waals surface area contributed by atoms with Crippen LogP contribution in [0.5, 0.6) is 0 Å². The Hall–Kier alpha value is -1.29. The van der Waals surface area contributed by atoms with Gasteiger partial charge in [-0.15, -0.1) is 0 Å². The van der Waals surface area contributed by atoms with E-state index in [-0.39, 0.29) is 17.8 Å². The third-order valence-corrected chi connectivity index (χ3v) is 4.17. The molecule has 1 fully saturated rings. The third-order valence-electron chi connectivity index (χ3n) is 4.17. The van der Waals surface area contributed by atoms with Gasteiger partial charge in [-0.25, -0.2) is 8.78 Å². The van der Waals surface area contributed by atoms with Crippen LogP contribution < -0.4 is 0 Å². The highest BCUT2D eigenvalue weighted by Crippen LogP contribution is 2.32. The summed E-state index contributed by atoms with van der Waals surface area (Å²) in [6, 6.07) is 3.21. The van der Waals surface area contributed by atoms with E-state index in [0.29, 0.717) is 12.8 Å². The van der Waals surface area contributed by atoms with E-state index >= 15 is 0 Å². The molecule has 0 saturated heterocycles. The Morgan fingerprint density at radius 3 is 2.45 bits per heavy atom. The highest BCUT2D eigenvalue weighted by Gasteiger charge is 2.38. The van der Waals surface area contributed by atoms with Crippen molar-refractivity contribution in [2.24, 2.45) is 0 Å². The molecule has 4 heteroatoms. The second-order valence-corrected chi connectivity index (χ2v) is 5.45. The zero-order valence-corrected chi connectivity index (χ0v) is 11.8. The Labute approximate surface area is 118 Å². The second kappa shape index (κ2) is 6.44. The standard InChI is InChI=1S/C16H20F2O2/c1-20-16(8-4-2-3-5-9-16)15(19)11-12-10-13(17)6-7-14(12)18/h6-7,10H,2-5,8-9,11H2,1H3. The van der Waals surface area contributed by atoms with Crippen LogP contribution in [0.2, 0.25) is 0 Å². The molecule has 2 nitrogen and oxygen atoms in total. The smallest absolute Gasteiger partial charge is 0.169 e. The van der Waals surface area contributed by atoms with Crippen molar-refractivity contribution in [3.63, 3.8) is 0 Å². The summed E-state index contributed by atoms with van der Waals surface area (Å²) in [6.07, 6.45) is 5.27. The molecule has 2 rings (SSSR count). The van der Waals surface area contributed by atoms with E-state index in [2.05, 4.69) is 0 Å². The number of carbonyl (C=O) groups excluding carboxylic acids is 1. The maximum atomic E-state index is 13.6. The first kappa shape index (κ1) is 15.1. The monoisotopic (exact) mass is 282 g/mol. The summed E-state index contributed by atoms with van der Waals surface area (Å²) in [7, 11) is 1.53. The van der Waals surface area contributed by atoms with Crippen LogP contribution in [0.4, 0.5) is 8.78 Å². The van der Waals surface area contributed by atoms with E-state index in [4.69, 9.17) is 4.74 Å². The molecule has 0 bridgehead atoms. The van der Waals surface area contributed by atoms with Crippen molar-refractivity contribution >= 4 is 5.78 Å². The normalized spacial score (nSPS) is 18.6. The number of hydrogen-bond acceptors (Lipinski definition) is 2. The van der Waals surface area contributed by atoms with Crippen molar-refractivity contribution in [2.45, 2.75) is 50.5 Å². The molecule has 0 spiro atoms. The van der Waals surface area contributed by atoms with Gasteiger partial charge in [0.2, 0.25) is 0 Å². The molecule has 0 aliphatic heterocycles. The van der Waals surface area contributed by atoms with E-state index in [1.807, 2.05) is 0 Å². The van der Waals surface area contributed by atoms with E-state index < -0.39 is 17.2 Å². The Morgan fingerprint density at radius 2 is 1.85 bits per heavy atom. The van der Waals surface area contributed by atoms with Gasteiger partial charge in [-0.3, -0.25) is 4.79 Å². The predicted molar refractivity (Wildman–Crippen MR) is 72.5 cm³/mol. The molecular weight excluding hydrogens is 262 g/mol. The molecule has 0 amide bonds. The van der Waals surface area contributed by atoms with Crippen LogP contribution >= 0.6 is 0 Å². The molecule has 1 aromatic rings. The number of hydrogen-bond donors (Lipinski definition) is 0. The third kappa shape index (κ3) is 3.23. The van der Waals surface area contributed by atoms with Gasteiger partial charge in [0.1, 0.15) is 17.2 Å². The predicted octanol–water partition coefficient (Wildman–Crippen LogP) is 3.82. The van der Waals surface area contributed by atoms with E-state index in [1.54, 1.807) is 0 Å². The summed E-state index contributed by atoms with van der Waals surface area (Å²) in [6.45, 7) is 0. The topological polar surface area (TPSA) is 26.3 Å². The number of ether oxygens (including phenoxy) is 1. The molecule has 0 atom stereocenters. The molecule has 20 heavy (non-hydrogen) atoms. The summed E-state index contributed by atoms with van der Waals surface area (Å²) >= 11 is 0. The molecule has 0 radical (unpaired) electrons. The summed E-state index contributed by atoms with van der Waals surface area (Å²) in [5.74, 6) is -1.22.